The predicted octanol–water partition coefficient (Wildman–Crippen LogP) is 4.14. The molecule has 118 valence electrons. The van der Waals surface area contributed by atoms with Crippen molar-refractivity contribution in [2.45, 2.75) is 6.92 Å². The molecule has 6 nitrogen and oxygen atoms in total. The number of anilines is 4. The molecule has 0 amide bonds. The zero-order valence-corrected chi connectivity index (χ0v) is 14.9. The second kappa shape index (κ2) is 7.23. The van der Waals surface area contributed by atoms with Gasteiger partial charge in [-0.15, -0.1) is 10.2 Å². The third-order valence-electron chi connectivity index (χ3n) is 3.23. The summed E-state index contributed by atoms with van der Waals surface area (Å²) >= 11 is 2.25. The van der Waals surface area contributed by atoms with Gasteiger partial charge >= 0.3 is 0 Å². The largest absolute Gasteiger partial charge is 0.339 e. The molecular weight excluding hydrogens is 415 g/mol. The lowest BCUT2D eigenvalue weighted by atomic mass is 10.2. The molecule has 1 heterocycles. The first kappa shape index (κ1) is 16.1. The van der Waals surface area contributed by atoms with Crippen LogP contribution in [0.2, 0.25) is 0 Å². The number of hydrogen-bond donors (Lipinski definition) is 2. The number of nitriles is 1. The van der Waals surface area contributed by atoms with E-state index in [1.54, 1.807) is 12.1 Å². The van der Waals surface area contributed by atoms with Crippen LogP contribution in [0.15, 0.2) is 48.5 Å². The third kappa shape index (κ3) is 3.97. The smallest absolute Gasteiger partial charge is 0.249 e. The molecule has 2 N–H and O–H groups in total. The van der Waals surface area contributed by atoms with Crippen molar-refractivity contribution in [2.75, 3.05) is 10.6 Å². The molecule has 0 saturated carbocycles. The van der Waals surface area contributed by atoms with E-state index in [4.69, 9.17) is 5.26 Å². The van der Waals surface area contributed by atoms with Crippen molar-refractivity contribution >= 4 is 45.7 Å². The van der Waals surface area contributed by atoms with Crippen molar-refractivity contribution in [3.05, 3.63) is 63.4 Å². The van der Waals surface area contributed by atoms with E-state index in [0.717, 1.165) is 14.9 Å². The lowest BCUT2D eigenvalue weighted by Crippen LogP contribution is -2.05. The van der Waals surface area contributed by atoms with Gasteiger partial charge in [0.25, 0.3) is 0 Å². The summed E-state index contributed by atoms with van der Waals surface area (Å²) in [6.45, 7) is 1.83. The highest BCUT2D eigenvalue weighted by molar-refractivity contribution is 14.1. The van der Waals surface area contributed by atoms with Crippen LogP contribution in [0.1, 0.15) is 11.3 Å². The molecule has 24 heavy (non-hydrogen) atoms. The number of halogens is 1. The summed E-state index contributed by atoms with van der Waals surface area (Å²) in [7, 11) is 0. The normalized spacial score (nSPS) is 10.0. The van der Waals surface area contributed by atoms with Gasteiger partial charge in [-0.2, -0.15) is 10.2 Å². The zero-order chi connectivity index (χ0) is 16.9. The zero-order valence-electron chi connectivity index (χ0n) is 12.8. The van der Waals surface area contributed by atoms with E-state index in [9.17, 15) is 0 Å². The lowest BCUT2D eigenvalue weighted by molar-refractivity contribution is 0.940. The van der Waals surface area contributed by atoms with Gasteiger partial charge in [0.1, 0.15) is 5.69 Å². The number of rotatable bonds is 4. The van der Waals surface area contributed by atoms with Gasteiger partial charge in [0.05, 0.1) is 11.6 Å². The van der Waals surface area contributed by atoms with E-state index < -0.39 is 0 Å². The van der Waals surface area contributed by atoms with Crippen molar-refractivity contribution in [1.82, 2.24) is 15.2 Å². The van der Waals surface area contributed by atoms with Crippen LogP contribution >= 0.6 is 22.6 Å². The summed E-state index contributed by atoms with van der Waals surface area (Å²) in [5.74, 6) is 1.03. The van der Waals surface area contributed by atoms with Crippen LogP contribution in [0.5, 0.6) is 0 Å². The van der Waals surface area contributed by atoms with Crippen molar-refractivity contribution in [3.63, 3.8) is 0 Å². The standard InChI is InChI=1S/C17H13IN6/c1-11-16(20-14-6-2-12(10-19)3-7-14)22-17(24-23-11)21-15-8-4-13(18)5-9-15/h2-9H,1H3,(H2,20,21,22,24). The Morgan fingerprint density at radius 3 is 2.21 bits per heavy atom. The molecule has 0 aliphatic rings. The lowest BCUT2D eigenvalue weighted by Gasteiger charge is -2.10. The average Bonchev–Trinajstić information content (AvgIpc) is 2.60. The minimum Gasteiger partial charge on any atom is -0.339 e. The van der Waals surface area contributed by atoms with Crippen molar-refractivity contribution in [1.29, 1.82) is 5.26 Å². The van der Waals surface area contributed by atoms with Crippen LogP contribution in [0, 0.1) is 21.8 Å². The van der Waals surface area contributed by atoms with Crippen molar-refractivity contribution < 1.29 is 0 Å². The van der Waals surface area contributed by atoms with Crippen LogP contribution in [0.25, 0.3) is 0 Å². The molecule has 0 unspecified atom stereocenters. The minimum absolute atomic E-state index is 0.415. The number of hydrogen-bond acceptors (Lipinski definition) is 6. The van der Waals surface area contributed by atoms with Crippen LogP contribution in [0.4, 0.5) is 23.1 Å². The Hall–Kier alpha value is -2.73. The second-order valence-electron chi connectivity index (χ2n) is 5.02. The van der Waals surface area contributed by atoms with Gasteiger partial charge in [-0.1, -0.05) is 0 Å². The summed E-state index contributed by atoms with van der Waals surface area (Å²) in [5, 5.41) is 23.4. The minimum atomic E-state index is 0.415. The summed E-state index contributed by atoms with van der Waals surface area (Å²) in [5.41, 5.74) is 3.02. The Bertz CT molecular complexity index is 884. The average molecular weight is 428 g/mol. The molecule has 0 bridgehead atoms. The maximum atomic E-state index is 8.85. The highest BCUT2D eigenvalue weighted by Gasteiger charge is 2.07. The summed E-state index contributed by atoms with van der Waals surface area (Å²) in [6.07, 6.45) is 0. The maximum absolute atomic E-state index is 8.85. The van der Waals surface area contributed by atoms with E-state index in [1.807, 2.05) is 43.3 Å². The number of aryl methyl sites for hydroxylation is 1. The monoisotopic (exact) mass is 428 g/mol. The molecule has 3 aromatic rings. The van der Waals surface area contributed by atoms with E-state index in [0.29, 0.717) is 23.0 Å². The third-order valence-corrected chi connectivity index (χ3v) is 3.95. The van der Waals surface area contributed by atoms with E-state index in [2.05, 4.69) is 54.5 Å². The molecule has 0 aliphatic heterocycles. The fourth-order valence-corrected chi connectivity index (χ4v) is 2.34. The van der Waals surface area contributed by atoms with E-state index in [1.165, 1.54) is 0 Å². The molecular formula is C17H13IN6. The first-order valence-corrected chi connectivity index (χ1v) is 8.23. The molecule has 1 aromatic heterocycles. The van der Waals surface area contributed by atoms with Gasteiger partial charge in [0, 0.05) is 14.9 Å². The van der Waals surface area contributed by atoms with Crippen LogP contribution in [-0.4, -0.2) is 15.2 Å². The van der Waals surface area contributed by atoms with Gasteiger partial charge in [-0.05, 0) is 78.0 Å². The molecule has 0 radical (unpaired) electrons. The topological polar surface area (TPSA) is 86.5 Å². The SMILES string of the molecule is Cc1nnc(Nc2ccc(I)cc2)nc1Nc1ccc(C#N)cc1. The molecule has 3 rings (SSSR count). The van der Waals surface area contributed by atoms with Gasteiger partial charge in [-0.3, -0.25) is 0 Å². The van der Waals surface area contributed by atoms with E-state index in [-0.39, 0.29) is 0 Å². The van der Waals surface area contributed by atoms with Gasteiger partial charge in [-0.25, -0.2) is 0 Å². The molecule has 0 spiro atoms. The molecule has 0 aliphatic carbocycles. The molecule has 0 atom stereocenters. The highest BCUT2D eigenvalue weighted by atomic mass is 127. The van der Waals surface area contributed by atoms with Crippen LogP contribution < -0.4 is 10.6 Å². The van der Waals surface area contributed by atoms with Crippen molar-refractivity contribution in [3.8, 4) is 6.07 Å². The first-order chi connectivity index (χ1) is 11.6. The van der Waals surface area contributed by atoms with Crippen LogP contribution in [0.3, 0.4) is 0 Å². The Morgan fingerprint density at radius 2 is 1.54 bits per heavy atom. The van der Waals surface area contributed by atoms with Crippen molar-refractivity contribution in [2.24, 2.45) is 0 Å². The molecule has 2 aromatic carbocycles. The number of aromatic nitrogens is 3. The summed E-state index contributed by atoms with van der Waals surface area (Å²) in [6, 6.07) is 17.2. The number of benzene rings is 2. The highest BCUT2D eigenvalue weighted by Crippen LogP contribution is 2.20. The predicted molar refractivity (Wildman–Crippen MR) is 101 cm³/mol. The fraction of sp³-hybridized carbons (Fsp3) is 0.0588. The Labute approximate surface area is 153 Å². The number of nitrogens with zero attached hydrogens (tertiary/aromatic N) is 4. The first-order valence-electron chi connectivity index (χ1n) is 7.15. The van der Waals surface area contributed by atoms with Gasteiger partial charge in [0.15, 0.2) is 5.82 Å². The van der Waals surface area contributed by atoms with E-state index >= 15 is 0 Å². The number of nitrogens with one attached hydrogen (secondary N) is 2. The van der Waals surface area contributed by atoms with Crippen LogP contribution in [-0.2, 0) is 0 Å². The Morgan fingerprint density at radius 1 is 0.917 bits per heavy atom. The Balaban J connectivity index is 1.80. The summed E-state index contributed by atoms with van der Waals surface area (Å²) < 4.78 is 1.16. The maximum Gasteiger partial charge on any atom is 0.249 e. The molecule has 0 fully saturated rings. The summed E-state index contributed by atoms with van der Waals surface area (Å²) in [4.78, 5) is 4.47. The quantitative estimate of drug-likeness (QED) is 0.608. The Kier molecular flexibility index (Phi) is 4.86. The second-order valence-corrected chi connectivity index (χ2v) is 6.26. The van der Waals surface area contributed by atoms with Gasteiger partial charge in [0.2, 0.25) is 5.95 Å². The molecule has 7 heteroatoms. The fourth-order valence-electron chi connectivity index (χ4n) is 1.98. The van der Waals surface area contributed by atoms with Gasteiger partial charge < -0.3 is 10.6 Å². The molecule has 0 saturated heterocycles.